The number of aryl methyl sites for hydroxylation is 2. The van der Waals surface area contributed by atoms with Crippen molar-refractivity contribution in [3.63, 3.8) is 0 Å². The summed E-state index contributed by atoms with van der Waals surface area (Å²) in [6, 6.07) is 11.5. The molecule has 110 valence electrons. The van der Waals surface area contributed by atoms with Gasteiger partial charge in [0.1, 0.15) is 5.02 Å². The molecule has 5 heteroatoms. The lowest BCUT2D eigenvalue weighted by Crippen LogP contribution is -2.02. The summed E-state index contributed by atoms with van der Waals surface area (Å²) in [5, 5.41) is 14.2. The second-order valence-electron chi connectivity index (χ2n) is 4.90. The van der Waals surface area contributed by atoms with Crippen LogP contribution in [0.3, 0.4) is 0 Å². The largest absolute Gasteiger partial charge is 0.381 e. The SMILES string of the molecule is CCc1ccc(CNc2cc(Cl)c([N+](=O)[O-])cc2C)cc1. The predicted octanol–water partition coefficient (Wildman–Crippen LogP) is 4.73. The number of rotatable bonds is 5. The van der Waals surface area contributed by atoms with Gasteiger partial charge < -0.3 is 5.32 Å². The first kappa shape index (κ1) is 15.3. The van der Waals surface area contributed by atoms with Crippen LogP contribution < -0.4 is 5.32 Å². The average Bonchev–Trinajstić information content (AvgIpc) is 2.48. The molecule has 0 aliphatic heterocycles. The Kier molecular flexibility index (Phi) is 4.81. The zero-order chi connectivity index (χ0) is 15.4. The number of nitro groups is 1. The highest BCUT2D eigenvalue weighted by molar-refractivity contribution is 6.33. The van der Waals surface area contributed by atoms with Crippen LogP contribution in [0.1, 0.15) is 23.6 Å². The fraction of sp³-hybridized carbons (Fsp3) is 0.250. The lowest BCUT2D eigenvalue weighted by molar-refractivity contribution is -0.384. The van der Waals surface area contributed by atoms with E-state index in [1.165, 1.54) is 11.6 Å². The number of nitrogens with zero attached hydrogens (tertiary/aromatic N) is 1. The fourth-order valence-corrected chi connectivity index (χ4v) is 2.32. The van der Waals surface area contributed by atoms with Crippen LogP contribution in [0.4, 0.5) is 11.4 Å². The van der Waals surface area contributed by atoms with Crippen molar-refractivity contribution in [2.24, 2.45) is 0 Å². The molecule has 0 aromatic heterocycles. The van der Waals surface area contributed by atoms with Gasteiger partial charge in [0.25, 0.3) is 5.69 Å². The Morgan fingerprint density at radius 3 is 2.38 bits per heavy atom. The van der Waals surface area contributed by atoms with Crippen molar-refractivity contribution in [3.05, 3.63) is 68.2 Å². The molecule has 2 aromatic carbocycles. The molecule has 0 saturated heterocycles. The van der Waals surface area contributed by atoms with Gasteiger partial charge in [0.15, 0.2) is 0 Å². The molecule has 0 unspecified atom stereocenters. The van der Waals surface area contributed by atoms with Gasteiger partial charge in [0.05, 0.1) is 4.92 Å². The maximum atomic E-state index is 10.8. The smallest absolute Gasteiger partial charge is 0.288 e. The van der Waals surface area contributed by atoms with E-state index in [2.05, 4.69) is 36.5 Å². The average molecular weight is 305 g/mol. The van der Waals surface area contributed by atoms with E-state index in [1.54, 1.807) is 6.07 Å². The molecule has 2 aromatic rings. The third kappa shape index (κ3) is 3.73. The quantitative estimate of drug-likeness (QED) is 0.641. The minimum absolute atomic E-state index is 0.0629. The molecule has 0 heterocycles. The van der Waals surface area contributed by atoms with E-state index in [-0.39, 0.29) is 10.7 Å². The van der Waals surface area contributed by atoms with Gasteiger partial charge in [-0.3, -0.25) is 10.1 Å². The van der Waals surface area contributed by atoms with Crippen LogP contribution in [-0.4, -0.2) is 4.92 Å². The summed E-state index contributed by atoms with van der Waals surface area (Å²) in [5.74, 6) is 0. The van der Waals surface area contributed by atoms with Crippen molar-refractivity contribution in [1.29, 1.82) is 0 Å². The van der Waals surface area contributed by atoms with Crippen molar-refractivity contribution >= 4 is 23.0 Å². The Bertz CT molecular complexity index is 654. The Morgan fingerprint density at radius 1 is 1.19 bits per heavy atom. The molecule has 0 saturated carbocycles. The molecule has 0 spiro atoms. The van der Waals surface area contributed by atoms with Gasteiger partial charge in [-0.05, 0) is 36.1 Å². The summed E-state index contributed by atoms with van der Waals surface area (Å²) in [6.45, 7) is 4.60. The number of anilines is 1. The predicted molar refractivity (Wildman–Crippen MR) is 86.0 cm³/mol. The Labute approximate surface area is 128 Å². The summed E-state index contributed by atoms with van der Waals surface area (Å²) in [6.07, 6.45) is 1.02. The van der Waals surface area contributed by atoms with Crippen LogP contribution >= 0.6 is 11.6 Å². The molecule has 0 radical (unpaired) electrons. The minimum atomic E-state index is -0.470. The Hall–Kier alpha value is -2.07. The lowest BCUT2D eigenvalue weighted by atomic mass is 10.1. The first-order chi connectivity index (χ1) is 10.0. The molecule has 4 nitrogen and oxygen atoms in total. The first-order valence-electron chi connectivity index (χ1n) is 6.77. The fourth-order valence-electron chi connectivity index (χ4n) is 2.09. The van der Waals surface area contributed by atoms with Crippen molar-refractivity contribution in [2.45, 2.75) is 26.8 Å². The van der Waals surface area contributed by atoms with Crippen molar-refractivity contribution < 1.29 is 4.92 Å². The molecule has 0 amide bonds. The van der Waals surface area contributed by atoms with Crippen LogP contribution in [0.2, 0.25) is 5.02 Å². The molecule has 0 aliphatic rings. The Balaban J connectivity index is 2.12. The molecule has 2 rings (SSSR count). The van der Waals surface area contributed by atoms with Gasteiger partial charge in [-0.2, -0.15) is 0 Å². The van der Waals surface area contributed by atoms with Gasteiger partial charge >= 0.3 is 0 Å². The third-order valence-corrected chi connectivity index (χ3v) is 3.71. The molecular weight excluding hydrogens is 288 g/mol. The number of nitrogens with one attached hydrogen (secondary N) is 1. The molecule has 0 atom stereocenters. The zero-order valence-electron chi connectivity index (χ0n) is 12.0. The summed E-state index contributed by atoms with van der Waals surface area (Å²) >= 11 is 5.94. The highest BCUT2D eigenvalue weighted by Gasteiger charge is 2.14. The first-order valence-corrected chi connectivity index (χ1v) is 7.15. The topological polar surface area (TPSA) is 55.2 Å². The number of hydrogen-bond acceptors (Lipinski definition) is 3. The van der Waals surface area contributed by atoms with E-state index in [9.17, 15) is 10.1 Å². The Morgan fingerprint density at radius 2 is 1.81 bits per heavy atom. The third-order valence-electron chi connectivity index (χ3n) is 3.40. The van der Waals surface area contributed by atoms with Crippen LogP contribution in [0.15, 0.2) is 36.4 Å². The maximum absolute atomic E-state index is 10.8. The molecule has 1 N–H and O–H groups in total. The second kappa shape index (κ2) is 6.59. The standard InChI is InChI=1S/C16H17ClN2O2/c1-3-12-4-6-13(7-5-12)10-18-15-9-14(17)16(19(20)21)8-11(15)2/h4-9,18H,3,10H2,1-2H3. The number of hydrogen-bond donors (Lipinski definition) is 1. The van der Waals surface area contributed by atoms with Crippen LogP contribution in [0, 0.1) is 17.0 Å². The molecule has 0 aliphatic carbocycles. The normalized spacial score (nSPS) is 10.4. The number of halogens is 1. The molecule has 0 bridgehead atoms. The van der Waals surface area contributed by atoms with Gasteiger partial charge in [-0.15, -0.1) is 0 Å². The highest BCUT2D eigenvalue weighted by atomic mass is 35.5. The summed E-state index contributed by atoms with van der Waals surface area (Å²) < 4.78 is 0. The van der Waals surface area contributed by atoms with Gasteiger partial charge in [0, 0.05) is 18.3 Å². The van der Waals surface area contributed by atoms with E-state index in [0.29, 0.717) is 6.54 Å². The van der Waals surface area contributed by atoms with Gasteiger partial charge in [-0.1, -0.05) is 42.8 Å². The zero-order valence-corrected chi connectivity index (χ0v) is 12.8. The summed E-state index contributed by atoms with van der Waals surface area (Å²) in [7, 11) is 0. The maximum Gasteiger partial charge on any atom is 0.288 e. The van der Waals surface area contributed by atoms with Crippen LogP contribution in [-0.2, 0) is 13.0 Å². The molecule has 21 heavy (non-hydrogen) atoms. The number of nitro benzene ring substituents is 1. The van der Waals surface area contributed by atoms with E-state index in [1.807, 2.05) is 6.92 Å². The van der Waals surface area contributed by atoms with Crippen molar-refractivity contribution in [2.75, 3.05) is 5.32 Å². The van der Waals surface area contributed by atoms with Crippen LogP contribution in [0.5, 0.6) is 0 Å². The van der Waals surface area contributed by atoms with E-state index >= 15 is 0 Å². The van der Waals surface area contributed by atoms with E-state index < -0.39 is 4.92 Å². The highest BCUT2D eigenvalue weighted by Crippen LogP contribution is 2.30. The number of benzene rings is 2. The van der Waals surface area contributed by atoms with E-state index in [4.69, 9.17) is 11.6 Å². The monoisotopic (exact) mass is 304 g/mol. The van der Waals surface area contributed by atoms with E-state index in [0.717, 1.165) is 23.2 Å². The van der Waals surface area contributed by atoms with Crippen molar-refractivity contribution in [1.82, 2.24) is 0 Å². The molecule has 0 fully saturated rings. The second-order valence-corrected chi connectivity index (χ2v) is 5.31. The van der Waals surface area contributed by atoms with Crippen molar-refractivity contribution in [3.8, 4) is 0 Å². The minimum Gasteiger partial charge on any atom is -0.381 e. The van der Waals surface area contributed by atoms with Gasteiger partial charge in [-0.25, -0.2) is 0 Å². The van der Waals surface area contributed by atoms with Crippen LogP contribution in [0.25, 0.3) is 0 Å². The van der Waals surface area contributed by atoms with Gasteiger partial charge in [0.2, 0.25) is 0 Å². The summed E-state index contributed by atoms with van der Waals surface area (Å²) in [5.41, 5.74) is 4.00. The lowest BCUT2D eigenvalue weighted by Gasteiger charge is -2.11. The summed E-state index contributed by atoms with van der Waals surface area (Å²) in [4.78, 5) is 10.4. The molecular formula is C16H17ClN2O2.